The Kier molecular flexibility index (Phi) is 2.40. The third-order valence-corrected chi connectivity index (χ3v) is 5.63. The van der Waals surface area contributed by atoms with E-state index in [9.17, 15) is 18.0 Å². The van der Waals surface area contributed by atoms with Gasteiger partial charge in [0.1, 0.15) is 11.7 Å². The fourth-order valence-electron chi connectivity index (χ4n) is 4.98. The number of alkyl halides is 3. The molecular formula is C14H15F3O3. The quantitative estimate of drug-likeness (QED) is 0.578. The van der Waals surface area contributed by atoms with E-state index < -0.39 is 23.8 Å². The Morgan fingerprint density at radius 3 is 2.65 bits per heavy atom. The van der Waals surface area contributed by atoms with Crippen LogP contribution >= 0.6 is 0 Å². The van der Waals surface area contributed by atoms with Crippen LogP contribution in [-0.2, 0) is 14.3 Å². The maximum atomic E-state index is 12.5. The second kappa shape index (κ2) is 3.78. The topological polar surface area (TPSA) is 35.5 Å². The molecule has 20 heavy (non-hydrogen) atoms. The van der Waals surface area contributed by atoms with Gasteiger partial charge in [0.25, 0.3) is 0 Å². The summed E-state index contributed by atoms with van der Waals surface area (Å²) in [5.41, 5.74) is -1.43. The van der Waals surface area contributed by atoms with Crippen LogP contribution in [0.15, 0.2) is 12.2 Å². The zero-order chi connectivity index (χ0) is 14.2. The molecular weight excluding hydrogens is 273 g/mol. The minimum absolute atomic E-state index is 0.174. The van der Waals surface area contributed by atoms with Crippen molar-refractivity contribution in [3.8, 4) is 0 Å². The molecule has 110 valence electrons. The Bertz CT molecular complexity index is 485. The summed E-state index contributed by atoms with van der Waals surface area (Å²) < 4.78 is 48.5. The molecule has 0 spiro atoms. The molecule has 3 aliphatic carbocycles. The predicted octanol–water partition coefficient (Wildman–Crippen LogP) is 2.46. The second-order valence-electron chi connectivity index (χ2n) is 6.37. The zero-order valence-electron chi connectivity index (χ0n) is 10.7. The Morgan fingerprint density at radius 2 is 1.95 bits per heavy atom. The molecule has 6 heteroatoms. The number of rotatable bonds is 2. The molecule has 0 aromatic carbocycles. The molecule has 0 radical (unpaired) electrons. The number of carbonyl (C=O) groups is 1. The maximum Gasteiger partial charge on any atom is 0.422 e. The monoisotopic (exact) mass is 288 g/mol. The van der Waals surface area contributed by atoms with Gasteiger partial charge in [0.15, 0.2) is 0 Å². The molecule has 1 aliphatic heterocycles. The number of carbonyl (C=O) groups excluding carboxylic acids is 1. The summed E-state index contributed by atoms with van der Waals surface area (Å²) in [6, 6.07) is 0. The van der Waals surface area contributed by atoms with Crippen LogP contribution in [0.4, 0.5) is 13.2 Å². The molecule has 1 saturated heterocycles. The molecule has 3 saturated carbocycles. The normalized spacial score (nSPS) is 47.9. The number of hydrogen-bond acceptors (Lipinski definition) is 3. The first-order valence-electron chi connectivity index (χ1n) is 7.00. The summed E-state index contributed by atoms with van der Waals surface area (Å²) in [7, 11) is 0. The van der Waals surface area contributed by atoms with E-state index in [1.54, 1.807) is 0 Å². The smallest absolute Gasteiger partial charge is 0.422 e. The Balaban J connectivity index is 1.52. The Labute approximate surface area is 114 Å². The lowest BCUT2D eigenvalue weighted by Gasteiger charge is -2.31. The predicted molar refractivity (Wildman–Crippen MR) is 61.5 cm³/mol. The number of fused-ring (bicyclic) bond motifs is 2. The molecule has 4 rings (SSSR count). The first-order valence-corrected chi connectivity index (χ1v) is 7.00. The highest BCUT2D eigenvalue weighted by Gasteiger charge is 2.68. The largest absolute Gasteiger partial charge is 0.456 e. The first kappa shape index (κ1) is 12.7. The minimum Gasteiger partial charge on any atom is -0.456 e. The highest BCUT2D eigenvalue weighted by molar-refractivity contribution is 5.89. The van der Waals surface area contributed by atoms with E-state index in [1.807, 2.05) is 0 Å². The van der Waals surface area contributed by atoms with Crippen LogP contribution in [0.2, 0.25) is 0 Å². The lowest BCUT2D eigenvalue weighted by atomic mass is 9.80. The number of halogens is 3. The van der Waals surface area contributed by atoms with E-state index >= 15 is 0 Å². The van der Waals surface area contributed by atoms with E-state index in [2.05, 4.69) is 6.58 Å². The van der Waals surface area contributed by atoms with Gasteiger partial charge >= 0.3 is 12.1 Å². The average Bonchev–Trinajstić information content (AvgIpc) is 3.02. The molecule has 1 heterocycles. The van der Waals surface area contributed by atoms with Gasteiger partial charge in [-0.1, -0.05) is 6.58 Å². The molecule has 4 aliphatic rings. The highest BCUT2D eigenvalue weighted by Crippen LogP contribution is 2.65. The molecule has 0 N–H and O–H groups in total. The standard InChI is InChI=1S/C14H15F3O3/c1-5(14(15,16)17)13(18)20-11-7-4-8-10-6(7)2-3-9(10)19-12(8)11/h6-12H,1-4H2. The van der Waals surface area contributed by atoms with Crippen molar-refractivity contribution in [1.82, 2.24) is 0 Å². The summed E-state index contributed by atoms with van der Waals surface area (Å²) in [6.45, 7) is 2.80. The van der Waals surface area contributed by atoms with Gasteiger partial charge in [0.05, 0.1) is 12.2 Å². The van der Waals surface area contributed by atoms with Crippen LogP contribution < -0.4 is 0 Å². The summed E-state index contributed by atoms with van der Waals surface area (Å²) >= 11 is 0. The fraction of sp³-hybridized carbons (Fsp3) is 0.786. The average molecular weight is 288 g/mol. The van der Waals surface area contributed by atoms with Crippen molar-refractivity contribution >= 4 is 5.97 Å². The number of esters is 1. The van der Waals surface area contributed by atoms with Crippen LogP contribution in [-0.4, -0.2) is 30.5 Å². The van der Waals surface area contributed by atoms with Gasteiger partial charge in [0.2, 0.25) is 0 Å². The lowest BCUT2D eigenvalue weighted by Crippen LogP contribution is -2.41. The van der Waals surface area contributed by atoms with Gasteiger partial charge in [-0.2, -0.15) is 13.2 Å². The van der Waals surface area contributed by atoms with E-state index in [-0.39, 0.29) is 18.1 Å². The molecule has 2 bridgehead atoms. The Hall–Kier alpha value is -1.04. The van der Waals surface area contributed by atoms with E-state index in [1.165, 1.54) is 0 Å². The van der Waals surface area contributed by atoms with Crippen molar-refractivity contribution in [2.24, 2.45) is 23.7 Å². The van der Waals surface area contributed by atoms with Gasteiger partial charge < -0.3 is 9.47 Å². The number of ether oxygens (including phenoxy) is 2. The molecule has 4 fully saturated rings. The van der Waals surface area contributed by atoms with Gasteiger partial charge in [-0.25, -0.2) is 4.79 Å². The summed E-state index contributed by atoms with van der Waals surface area (Å²) in [5, 5.41) is 0. The SMILES string of the molecule is C=C(C(=O)OC1C2CC3C1OC1CCC2C13)C(F)(F)F. The Morgan fingerprint density at radius 1 is 1.20 bits per heavy atom. The molecule has 7 unspecified atom stereocenters. The first-order chi connectivity index (χ1) is 9.38. The molecule has 0 aromatic rings. The van der Waals surface area contributed by atoms with Gasteiger partial charge in [-0.15, -0.1) is 0 Å². The zero-order valence-corrected chi connectivity index (χ0v) is 10.7. The molecule has 0 amide bonds. The highest BCUT2D eigenvalue weighted by atomic mass is 19.4. The molecule has 0 aromatic heterocycles. The van der Waals surface area contributed by atoms with Gasteiger partial charge in [-0.05, 0) is 37.0 Å². The van der Waals surface area contributed by atoms with Crippen molar-refractivity contribution in [2.45, 2.75) is 43.8 Å². The maximum absolute atomic E-state index is 12.5. The fourth-order valence-corrected chi connectivity index (χ4v) is 4.98. The summed E-state index contributed by atoms with van der Waals surface area (Å²) in [5.74, 6) is 0.200. The molecule has 7 atom stereocenters. The van der Waals surface area contributed by atoms with Crippen LogP contribution in [0.25, 0.3) is 0 Å². The minimum atomic E-state index is -4.73. The van der Waals surface area contributed by atoms with Gasteiger partial charge in [-0.3, -0.25) is 0 Å². The van der Waals surface area contributed by atoms with Crippen LogP contribution in [0, 0.1) is 23.7 Å². The van der Waals surface area contributed by atoms with E-state index in [0.29, 0.717) is 17.8 Å². The summed E-state index contributed by atoms with van der Waals surface area (Å²) in [6.07, 6.45) is -2.21. The molecule has 3 nitrogen and oxygen atoms in total. The van der Waals surface area contributed by atoms with E-state index in [0.717, 1.165) is 19.3 Å². The van der Waals surface area contributed by atoms with Crippen LogP contribution in [0.3, 0.4) is 0 Å². The third kappa shape index (κ3) is 1.48. The van der Waals surface area contributed by atoms with Crippen LogP contribution in [0.1, 0.15) is 19.3 Å². The number of hydrogen-bond donors (Lipinski definition) is 0. The van der Waals surface area contributed by atoms with Crippen molar-refractivity contribution in [2.75, 3.05) is 0 Å². The second-order valence-corrected chi connectivity index (χ2v) is 6.37. The third-order valence-electron chi connectivity index (χ3n) is 5.63. The van der Waals surface area contributed by atoms with Crippen molar-refractivity contribution < 1.29 is 27.4 Å². The van der Waals surface area contributed by atoms with E-state index in [4.69, 9.17) is 9.47 Å². The van der Waals surface area contributed by atoms with Crippen molar-refractivity contribution in [3.05, 3.63) is 12.2 Å². The van der Waals surface area contributed by atoms with Crippen molar-refractivity contribution in [3.63, 3.8) is 0 Å². The summed E-state index contributed by atoms with van der Waals surface area (Å²) in [4.78, 5) is 11.6. The lowest BCUT2D eigenvalue weighted by molar-refractivity contribution is -0.165. The van der Waals surface area contributed by atoms with Crippen molar-refractivity contribution in [1.29, 1.82) is 0 Å². The van der Waals surface area contributed by atoms with Gasteiger partial charge in [0, 0.05) is 5.92 Å². The van der Waals surface area contributed by atoms with Crippen LogP contribution in [0.5, 0.6) is 0 Å².